The molecular formula is C17H26N2O5. The summed E-state index contributed by atoms with van der Waals surface area (Å²) in [6.07, 6.45) is 0.902. The van der Waals surface area contributed by atoms with Crippen molar-refractivity contribution < 1.29 is 24.2 Å². The molecule has 1 rings (SSSR count). The Bertz CT molecular complexity index is 562. The van der Waals surface area contributed by atoms with Gasteiger partial charge >= 0.3 is 5.97 Å². The van der Waals surface area contributed by atoms with Crippen molar-refractivity contribution in [3.05, 3.63) is 23.8 Å². The summed E-state index contributed by atoms with van der Waals surface area (Å²) in [6.45, 7) is 4.12. The van der Waals surface area contributed by atoms with E-state index in [1.54, 1.807) is 12.1 Å². The number of phenols is 1. The molecule has 24 heavy (non-hydrogen) atoms. The van der Waals surface area contributed by atoms with Crippen molar-refractivity contribution in [2.45, 2.75) is 32.7 Å². The van der Waals surface area contributed by atoms with Gasteiger partial charge in [-0.05, 0) is 23.6 Å². The lowest BCUT2D eigenvalue weighted by molar-refractivity contribution is -0.146. The van der Waals surface area contributed by atoms with E-state index in [9.17, 15) is 14.7 Å². The highest BCUT2D eigenvalue weighted by Gasteiger charge is 2.20. The number of carbonyl (C=O) groups is 2. The van der Waals surface area contributed by atoms with Gasteiger partial charge in [0.1, 0.15) is 12.6 Å². The van der Waals surface area contributed by atoms with Gasteiger partial charge in [0, 0.05) is 0 Å². The number of hydrogen-bond acceptors (Lipinski definition) is 6. The van der Waals surface area contributed by atoms with E-state index in [1.807, 2.05) is 13.8 Å². The van der Waals surface area contributed by atoms with Crippen molar-refractivity contribution in [2.75, 3.05) is 20.3 Å². The third-order valence-corrected chi connectivity index (χ3v) is 3.81. The molecule has 0 aliphatic carbocycles. The number of esters is 1. The number of amides is 1. The van der Waals surface area contributed by atoms with Crippen LogP contribution in [-0.4, -0.2) is 43.3 Å². The molecular weight excluding hydrogens is 312 g/mol. The number of ether oxygens (including phenoxy) is 2. The average molecular weight is 338 g/mol. The maximum Gasteiger partial charge on any atom is 0.323 e. The molecule has 0 aliphatic rings. The molecule has 2 atom stereocenters. The molecule has 1 aromatic rings. The second-order valence-electron chi connectivity index (χ2n) is 5.61. The number of nitrogens with one attached hydrogen (secondary N) is 1. The standard InChI is InChI=1S/C17H26N2O5/c1-4-11(2)16(18)17(22)24-8-7-19-15(21)10-12-5-6-14(23-3)13(20)9-12/h5-6,9,11,16,20H,4,7-8,10,18H2,1-3H3,(H,19,21)/t11?,16-/m0/s1. The van der Waals surface area contributed by atoms with Crippen LogP contribution in [0.5, 0.6) is 11.5 Å². The maximum atomic E-state index is 11.8. The lowest BCUT2D eigenvalue weighted by Gasteiger charge is -2.16. The number of hydrogen-bond donors (Lipinski definition) is 3. The summed E-state index contributed by atoms with van der Waals surface area (Å²) >= 11 is 0. The summed E-state index contributed by atoms with van der Waals surface area (Å²) in [4.78, 5) is 23.5. The lowest BCUT2D eigenvalue weighted by Crippen LogP contribution is -2.39. The number of carbonyl (C=O) groups excluding carboxylic acids is 2. The summed E-state index contributed by atoms with van der Waals surface area (Å²) in [5.74, 6) is -0.310. The van der Waals surface area contributed by atoms with Crippen molar-refractivity contribution in [1.29, 1.82) is 0 Å². The van der Waals surface area contributed by atoms with Crippen molar-refractivity contribution in [1.82, 2.24) is 5.32 Å². The molecule has 0 radical (unpaired) electrons. The Kier molecular flexibility index (Phi) is 8.05. The van der Waals surface area contributed by atoms with Crippen LogP contribution < -0.4 is 15.8 Å². The summed E-state index contributed by atoms with van der Waals surface area (Å²) in [7, 11) is 1.45. The van der Waals surface area contributed by atoms with E-state index >= 15 is 0 Å². The van der Waals surface area contributed by atoms with Crippen LogP contribution in [0.15, 0.2) is 18.2 Å². The van der Waals surface area contributed by atoms with Gasteiger partial charge in [-0.1, -0.05) is 26.3 Å². The SMILES string of the molecule is CCC(C)[C@H](N)C(=O)OCCNC(=O)Cc1ccc(OC)c(O)c1. The number of phenolic OH excluding ortho intramolecular Hbond substituents is 1. The number of benzene rings is 1. The van der Waals surface area contributed by atoms with Crippen LogP contribution >= 0.6 is 0 Å². The highest BCUT2D eigenvalue weighted by molar-refractivity contribution is 5.79. The van der Waals surface area contributed by atoms with E-state index in [-0.39, 0.29) is 37.1 Å². The second-order valence-corrected chi connectivity index (χ2v) is 5.61. The molecule has 7 nitrogen and oxygen atoms in total. The van der Waals surface area contributed by atoms with Gasteiger partial charge in [-0.2, -0.15) is 0 Å². The monoisotopic (exact) mass is 338 g/mol. The van der Waals surface area contributed by atoms with Crippen LogP contribution in [0.3, 0.4) is 0 Å². The van der Waals surface area contributed by atoms with Gasteiger partial charge in [0.15, 0.2) is 11.5 Å². The van der Waals surface area contributed by atoms with Crippen LogP contribution in [0.4, 0.5) is 0 Å². The molecule has 1 amide bonds. The predicted octanol–water partition coefficient (Wildman–Crippen LogP) is 0.976. The molecule has 4 N–H and O–H groups in total. The topological polar surface area (TPSA) is 111 Å². The summed E-state index contributed by atoms with van der Waals surface area (Å²) < 4.78 is 9.98. The smallest absolute Gasteiger partial charge is 0.323 e. The highest BCUT2D eigenvalue weighted by Crippen LogP contribution is 2.26. The fourth-order valence-electron chi connectivity index (χ4n) is 2.02. The molecule has 1 aromatic carbocycles. The van der Waals surface area contributed by atoms with Crippen molar-refractivity contribution in [2.24, 2.45) is 11.7 Å². The van der Waals surface area contributed by atoms with Crippen molar-refractivity contribution in [3.8, 4) is 11.5 Å². The third kappa shape index (κ3) is 6.08. The molecule has 0 saturated heterocycles. The lowest BCUT2D eigenvalue weighted by atomic mass is 10.0. The quantitative estimate of drug-likeness (QED) is 0.457. The predicted molar refractivity (Wildman–Crippen MR) is 89.8 cm³/mol. The molecule has 0 saturated carbocycles. The number of rotatable bonds is 9. The Morgan fingerprint density at radius 1 is 1.38 bits per heavy atom. The van der Waals surface area contributed by atoms with Gasteiger partial charge < -0.3 is 25.6 Å². The fraction of sp³-hybridized carbons (Fsp3) is 0.529. The molecule has 134 valence electrons. The van der Waals surface area contributed by atoms with E-state index in [2.05, 4.69) is 5.32 Å². The molecule has 0 spiro atoms. The van der Waals surface area contributed by atoms with Gasteiger partial charge in [-0.3, -0.25) is 9.59 Å². The molecule has 0 aliphatic heterocycles. The summed E-state index contributed by atoms with van der Waals surface area (Å²) in [5, 5.41) is 12.3. The first-order valence-corrected chi connectivity index (χ1v) is 7.93. The van der Waals surface area contributed by atoms with Gasteiger partial charge in [-0.25, -0.2) is 0 Å². The van der Waals surface area contributed by atoms with Crippen molar-refractivity contribution in [3.63, 3.8) is 0 Å². The molecule has 0 bridgehead atoms. The first kappa shape index (κ1) is 19.8. The van der Waals surface area contributed by atoms with Crippen LogP contribution in [0.25, 0.3) is 0 Å². The van der Waals surface area contributed by atoms with E-state index in [0.717, 1.165) is 6.42 Å². The average Bonchev–Trinajstić information content (AvgIpc) is 2.57. The van der Waals surface area contributed by atoms with Gasteiger partial charge in [-0.15, -0.1) is 0 Å². The summed E-state index contributed by atoms with van der Waals surface area (Å²) in [5.41, 5.74) is 6.41. The minimum Gasteiger partial charge on any atom is -0.504 e. The Morgan fingerprint density at radius 3 is 2.67 bits per heavy atom. The van der Waals surface area contributed by atoms with Crippen molar-refractivity contribution >= 4 is 11.9 Å². The minimum absolute atomic E-state index is 0.0178. The normalized spacial score (nSPS) is 13.0. The first-order chi connectivity index (χ1) is 11.4. The Labute approximate surface area is 142 Å². The Hall–Kier alpha value is -2.28. The molecule has 0 heterocycles. The number of aromatic hydroxyl groups is 1. The van der Waals surface area contributed by atoms with E-state index in [1.165, 1.54) is 13.2 Å². The Balaban J connectivity index is 2.32. The number of methoxy groups -OCH3 is 1. The minimum atomic E-state index is -0.645. The number of nitrogens with two attached hydrogens (primary N) is 1. The third-order valence-electron chi connectivity index (χ3n) is 3.81. The van der Waals surface area contributed by atoms with E-state index in [4.69, 9.17) is 15.2 Å². The zero-order valence-corrected chi connectivity index (χ0v) is 14.4. The van der Waals surface area contributed by atoms with Gasteiger partial charge in [0.25, 0.3) is 0 Å². The van der Waals surface area contributed by atoms with Crippen LogP contribution in [0.1, 0.15) is 25.8 Å². The Morgan fingerprint density at radius 2 is 2.08 bits per heavy atom. The van der Waals surface area contributed by atoms with Crippen LogP contribution in [0.2, 0.25) is 0 Å². The summed E-state index contributed by atoms with van der Waals surface area (Å²) in [6, 6.07) is 4.12. The molecule has 7 heteroatoms. The van der Waals surface area contributed by atoms with Gasteiger partial charge in [0.05, 0.1) is 20.1 Å². The van der Waals surface area contributed by atoms with E-state index in [0.29, 0.717) is 11.3 Å². The van der Waals surface area contributed by atoms with Crippen LogP contribution in [-0.2, 0) is 20.7 Å². The fourth-order valence-corrected chi connectivity index (χ4v) is 2.02. The second kappa shape index (κ2) is 9.77. The van der Waals surface area contributed by atoms with Crippen LogP contribution in [0, 0.1) is 5.92 Å². The van der Waals surface area contributed by atoms with E-state index < -0.39 is 12.0 Å². The zero-order valence-electron chi connectivity index (χ0n) is 14.4. The van der Waals surface area contributed by atoms with Gasteiger partial charge in [0.2, 0.25) is 5.91 Å². The zero-order chi connectivity index (χ0) is 18.1. The molecule has 0 fully saturated rings. The molecule has 0 aromatic heterocycles. The maximum absolute atomic E-state index is 11.8. The highest BCUT2D eigenvalue weighted by atomic mass is 16.5. The largest absolute Gasteiger partial charge is 0.504 e. The molecule has 1 unspecified atom stereocenters. The first-order valence-electron chi connectivity index (χ1n) is 7.93.